The average Bonchev–Trinajstić information content (AvgIpc) is 3.26. The van der Waals surface area contributed by atoms with Crippen molar-refractivity contribution < 1.29 is 58.2 Å². The number of carboxylic acid groups (broad SMARTS) is 1. The van der Waals surface area contributed by atoms with Gasteiger partial charge in [0.2, 0.25) is 0 Å². The van der Waals surface area contributed by atoms with Gasteiger partial charge in [-0.3, -0.25) is 14.4 Å². The van der Waals surface area contributed by atoms with Gasteiger partial charge < -0.3 is 39.0 Å². The molecule has 362 valence electrons. The number of hydrogen-bond donors (Lipinski definition) is 3. The summed E-state index contributed by atoms with van der Waals surface area (Å²) in [5, 5.41) is 31.2. The molecule has 0 aromatic rings. The number of aliphatic hydroxyl groups is 2. The molecule has 1 saturated heterocycles. The molecule has 6 unspecified atom stereocenters. The van der Waals surface area contributed by atoms with Crippen LogP contribution in [0.2, 0.25) is 0 Å². The molecular formula is C51H86O12. The van der Waals surface area contributed by atoms with Gasteiger partial charge in [0.05, 0.1) is 6.61 Å². The fraction of sp³-hybridized carbons (Fsp3) is 0.765. The number of ether oxygens (including phenoxy) is 5. The first kappa shape index (κ1) is 57.7. The molecule has 1 aliphatic heterocycles. The van der Waals surface area contributed by atoms with Gasteiger partial charge in [0.15, 0.2) is 24.6 Å². The van der Waals surface area contributed by atoms with Crippen LogP contribution in [-0.4, -0.2) is 89.2 Å². The summed E-state index contributed by atoms with van der Waals surface area (Å²) in [5.74, 6) is -3.17. The molecule has 6 atom stereocenters. The highest BCUT2D eigenvalue weighted by atomic mass is 16.7. The number of allylic oxidation sites excluding steroid dienone is 8. The maximum Gasteiger partial charge on any atom is 0.335 e. The Bertz CT molecular complexity index is 1290. The smallest absolute Gasteiger partial charge is 0.335 e. The zero-order valence-corrected chi connectivity index (χ0v) is 39.3. The molecule has 1 aliphatic rings. The van der Waals surface area contributed by atoms with Crippen molar-refractivity contribution in [2.75, 3.05) is 13.2 Å². The Balaban J connectivity index is 2.77. The van der Waals surface area contributed by atoms with Gasteiger partial charge in [0.1, 0.15) is 18.8 Å². The Morgan fingerprint density at radius 1 is 0.540 bits per heavy atom. The average molecular weight is 891 g/mol. The highest BCUT2D eigenvalue weighted by Crippen LogP contribution is 2.26. The van der Waals surface area contributed by atoms with Crippen LogP contribution in [0.15, 0.2) is 48.6 Å². The molecule has 0 spiro atoms. The number of unbranched alkanes of at least 4 members (excludes halogenated alkanes) is 18. The lowest BCUT2D eigenvalue weighted by Gasteiger charge is -2.40. The van der Waals surface area contributed by atoms with Crippen molar-refractivity contribution in [2.45, 2.75) is 237 Å². The molecule has 0 aromatic carbocycles. The van der Waals surface area contributed by atoms with Gasteiger partial charge in [-0.05, 0) is 70.6 Å². The minimum atomic E-state index is -1.90. The number of hydrogen-bond acceptors (Lipinski definition) is 11. The van der Waals surface area contributed by atoms with E-state index in [2.05, 4.69) is 69.4 Å². The third kappa shape index (κ3) is 31.2. The van der Waals surface area contributed by atoms with Crippen LogP contribution in [0.1, 0.15) is 201 Å². The maximum atomic E-state index is 13.0. The Labute approximate surface area is 380 Å². The van der Waals surface area contributed by atoms with Crippen molar-refractivity contribution in [2.24, 2.45) is 0 Å². The monoisotopic (exact) mass is 891 g/mol. The van der Waals surface area contributed by atoms with Crippen LogP contribution < -0.4 is 0 Å². The molecule has 1 rings (SSSR count). The molecule has 0 radical (unpaired) electrons. The zero-order valence-electron chi connectivity index (χ0n) is 39.3. The van der Waals surface area contributed by atoms with Gasteiger partial charge in [-0.25, -0.2) is 4.79 Å². The van der Waals surface area contributed by atoms with E-state index in [0.717, 1.165) is 96.3 Å². The van der Waals surface area contributed by atoms with Crippen LogP contribution >= 0.6 is 0 Å². The molecule has 0 bridgehead atoms. The molecule has 3 N–H and O–H groups in total. The number of carbonyl (C=O) groups is 4. The van der Waals surface area contributed by atoms with Crippen LogP contribution in [0.25, 0.3) is 0 Å². The minimum absolute atomic E-state index is 0.0477. The van der Waals surface area contributed by atoms with Gasteiger partial charge >= 0.3 is 23.9 Å². The Morgan fingerprint density at radius 2 is 1.02 bits per heavy atom. The van der Waals surface area contributed by atoms with Crippen molar-refractivity contribution in [1.82, 2.24) is 0 Å². The molecular weight excluding hydrogens is 805 g/mol. The lowest BCUT2D eigenvalue weighted by Crippen LogP contribution is -2.61. The molecule has 12 heteroatoms. The van der Waals surface area contributed by atoms with Gasteiger partial charge in [-0.1, -0.05) is 159 Å². The predicted molar refractivity (Wildman–Crippen MR) is 248 cm³/mol. The first-order valence-corrected chi connectivity index (χ1v) is 24.6. The predicted octanol–water partition coefficient (Wildman–Crippen LogP) is 11.1. The Morgan fingerprint density at radius 3 is 1.60 bits per heavy atom. The van der Waals surface area contributed by atoms with Crippen molar-refractivity contribution >= 4 is 23.9 Å². The summed E-state index contributed by atoms with van der Waals surface area (Å²) < 4.78 is 28.1. The SMILES string of the molecule is CC/C=C\C/C=C\C/C=C\CCCCCC(=O)OCC(COC1OC(C(=O)O)C(O)C(O)C1OC(=O)CCCCCCC/C=C\CCCC)OC(=O)CCCCCCCCCCC. The topological polar surface area (TPSA) is 175 Å². The molecule has 1 heterocycles. The van der Waals surface area contributed by atoms with E-state index in [-0.39, 0.29) is 25.9 Å². The van der Waals surface area contributed by atoms with E-state index in [0.29, 0.717) is 19.3 Å². The summed E-state index contributed by atoms with van der Waals surface area (Å²) in [5.41, 5.74) is 0. The van der Waals surface area contributed by atoms with E-state index in [1.165, 1.54) is 44.9 Å². The third-order valence-corrected chi connectivity index (χ3v) is 10.9. The molecule has 1 fully saturated rings. The highest BCUT2D eigenvalue weighted by molar-refractivity contribution is 5.74. The largest absolute Gasteiger partial charge is 0.479 e. The quantitative estimate of drug-likeness (QED) is 0.0230. The fourth-order valence-corrected chi connectivity index (χ4v) is 7.07. The second kappa shape index (κ2) is 40.2. The zero-order chi connectivity index (χ0) is 46.2. The molecule has 12 nitrogen and oxygen atoms in total. The molecule has 0 aromatic heterocycles. The van der Waals surface area contributed by atoms with E-state index in [1.807, 2.05) is 0 Å². The second-order valence-corrected chi connectivity index (χ2v) is 16.7. The summed E-state index contributed by atoms with van der Waals surface area (Å²) in [4.78, 5) is 50.6. The van der Waals surface area contributed by atoms with E-state index in [9.17, 15) is 34.5 Å². The minimum Gasteiger partial charge on any atom is -0.479 e. The van der Waals surface area contributed by atoms with Crippen LogP contribution in [-0.2, 0) is 42.9 Å². The number of esters is 3. The summed E-state index contributed by atoms with van der Waals surface area (Å²) in [6.07, 6.45) is 32.7. The summed E-state index contributed by atoms with van der Waals surface area (Å²) >= 11 is 0. The Kier molecular flexibility index (Phi) is 36.8. The fourth-order valence-electron chi connectivity index (χ4n) is 7.07. The second-order valence-electron chi connectivity index (χ2n) is 16.7. The normalized spacial score (nSPS) is 19.7. The first-order chi connectivity index (χ1) is 30.6. The van der Waals surface area contributed by atoms with E-state index in [1.54, 1.807) is 0 Å². The summed E-state index contributed by atoms with van der Waals surface area (Å²) in [6.45, 7) is 5.74. The standard InChI is InChI=1S/C51H86O12/c1-4-7-10-13-16-19-21-22-24-26-28-31-34-37-43(52)59-40-42(61-44(53)38-35-32-29-25-18-15-12-9-6-3)41-60-51-49(47(56)46(55)48(63-51)50(57)58)62-45(54)39-36-33-30-27-23-20-17-14-11-8-5-2/h7,10,14,16-17,19,22,24,42,46-49,51,55-56H,4-6,8-9,11-13,15,18,20-21,23,25-41H2,1-3H3,(H,57,58)/b10-7-,17-14-,19-16-,24-22-. The van der Waals surface area contributed by atoms with E-state index >= 15 is 0 Å². The summed E-state index contributed by atoms with van der Waals surface area (Å²) in [6, 6.07) is 0. The number of aliphatic carboxylic acids is 1. The lowest BCUT2D eigenvalue weighted by atomic mass is 9.98. The number of carbonyl (C=O) groups excluding carboxylic acids is 3. The van der Waals surface area contributed by atoms with Crippen molar-refractivity contribution in [3.63, 3.8) is 0 Å². The number of aliphatic hydroxyl groups excluding tert-OH is 2. The van der Waals surface area contributed by atoms with Crippen molar-refractivity contribution in [3.8, 4) is 0 Å². The van der Waals surface area contributed by atoms with E-state index < -0.39 is 67.3 Å². The molecule has 0 aliphatic carbocycles. The van der Waals surface area contributed by atoms with Gasteiger partial charge in [-0.2, -0.15) is 0 Å². The molecule has 0 saturated carbocycles. The molecule has 0 amide bonds. The number of rotatable bonds is 40. The van der Waals surface area contributed by atoms with Gasteiger partial charge in [0.25, 0.3) is 0 Å². The van der Waals surface area contributed by atoms with Crippen LogP contribution in [0.5, 0.6) is 0 Å². The maximum absolute atomic E-state index is 13.0. The van der Waals surface area contributed by atoms with Gasteiger partial charge in [-0.15, -0.1) is 0 Å². The van der Waals surface area contributed by atoms with Crippen LogP contribution in [0.4, 0.5) is 0 Å². The number of carboxylic acids is 1. The first-order valence-electron chi connectivity index (χ1n) is 24.6. The van der Waals surface area contributed by atoms with Gasteiger partial charge in [0, 0.05) is 19.3 Å². The van der Waals surface area contributed by atoms with Crippen molar-refractivity contribution in [3.05, 3.63) is 48.6 Å². The summed E-state index contributed by atoms with van der Waals surface area (Å²) in [7, 11) is 0. The third-order valence-electron chi connectivity index (χ3n) is 10.9. The van der Waals surface area contributed by atoms with E-state index in [4.69, 9.17) is 23.7 Å². The highest BCUT2D eigenvalue weighted by Gasteiger charge is 2.50. The van der Waals surface area contributed by atoms with Crippen LogP contribution in [0, 0.1) is 0 Å². The van der Waals surface area contributed by atoms with Crippen LogP contribution in [0.3, 0.4) is 0 Å². The molecule has 63 heavy (non-hydrogen) atoms. The lowest BCUT2D eigenvalue weighted by molar-refractivity contribution is -0.301. The van der Waals surface area contributed by atoms with Crippen molar-refractivity contribution in [1.29, 1.82) is 0 Å². The Hall–Kier alpha value is -3.32.